The number of carbonyl (C=O) groups is 1. The largest absolute Gasteiger partial charge is 0.391 e. The quantitative estimate of drug-likeness (QED) is 0.775. The second-order valence-electron chi connectivity index (χ2n) is 5.42. The van der Waals surface area contributed by atoms with Gasteiger partial charge < -0.3 is 15.7 Å². The zero-order valence-electron chi connectivity index (χ0n) is 11.6. The smallest absolute Gasteiger partial charge is 0.251 e. The zero-order valence-corrected chi connectivity index (χ0v) is 11.6. The van der Waals surface area contributed by atoms with E-state index in [4.69, 9.17) is 0 Å². The molecule has 4 nitrogen and oxygen atoms in total. The van der Waals surface area contributed by atoms with Crippen LogP contribution >= 0.6 is 0 Å². The van der Waals surface area contributed by atoms with Crippen molar-refractivity contribution in [2.75, 3.05) is 18.4 Å². The maximum atomic E-state index is 12.0. The number of aliphatic hydroxyl groups excluding tert-OH is 1. The van der Waals surface area contributed by atoms with E-state index in [1.807, 2.05) is 32.0 Å². The van der Waals surface area contributed by atoms with Gasteiger partial charge in [0.05, 0.1) is 6.10 Å². The summed E-state index contributed by atoms with van der Waals surface area (Å²) >= 11 is 0. The minimum atomic E-state index is -0.497. The summed E-state index contributed by atoms with van der Waals surface area (Å²) in [5.74, 6) is 0.0288. The molecule has 0 aliphatic carbocycles. The Balaban J connectivity index is 1.99. The average Bonchev–Trinajstić information content (AvgIpc) is 2.43. The van der Waals surface area contributed by atoms with Crippen molar-refractivity contribution in [2.45, 2.75) is 32.8 Å². The molecule has 0 bridgehead atoms. The molecule has 4 heteroatoms. The molecule has 1 aliphatic rings. The second-order valence-corrected chi connectivity index (χ2v) is 5.42. The lowest BCUT2D eigenvalue weighted by Gasteiger charge is -2.19. The van der Waals surface area contributed by atoms with E-state index in [1.165, 1.54) is 5.56 Å². The van der Waals surface area contributed by atoms with Crippen molar-refractivity contribution >= 4 is 11.6 Å². The van der Waals surface area contributed by atoms with Gasteiger partial charge in [-0.25, -0.2) is 0 Å². The summed E-state index contributed by atoms with van der Waals surface area (Å²) in [6, 6.07) is 5.73. The highest BCUT2D eigenvalue weighted by molar-refractivity contribution is 5.95. The highest BCUT2D eigenvalue weighted by atomic mass is 16.3. The Morgan fingerprint density at radius 2 is 2.26 bits per heavy atom. The van der Waals surface area contributed by atoms with E-state index in [0.29, 0.717) is 12.1 Å². The van der Waals surface area contributed by atoms with Crippen molar-refractivity contribution < 1.29 is 9.90 Å². The molecule has 0 fully saturated rings. The maximum absolute atomic E-state index is 12.0. The molecule has 1 atom stereocenters. The van der Waals surface area contributed by atoms with Crippen molar-refractivity contribution in [1.82, 2.24) is 5.32 Å². The molecule has 0 saturated heterocycles. The molecule has 1 amide bonds. The Bertz CT molecular complexity index is 457. The molecule has 0 radical (unpaired) electrons. The molecular formula is C15H22N2O2. The normalized spacial score (nSPS) is 15.6. The van der Waals surface area contributed by atoms with Crippen molar-refractivity contribution in [3.8, 4) is 0 Å². The van der Waals surface area contributed by atoms with Crippen LogP contribution in [0.4, 0.5) is 5.69 Å². The van der Waals surface area contributed by atoms with Crippen LogP contribution in [0.1, 0.15) is 36.2 Å². The van der Waals surface area contributed by atoms with E-state index in [1.54, 1.807) is 0 Å². The summed E-state index contributed by atoms with van der Waals surface area (Å²) in [4.78, 5) is 12.0. The third-order valence-corrected chi connectivity index (χ3v) is 3.55. The summed E-state index contributed by atoms with van der Waals surface area (Å²) < 4.78 is 0. The van der Waals surface area contributed by atoms with Gasteiger partial charge in [0, 0.05) is 24.3 Å². The summed E-state index contributed by atoms with van der Waals surface area (Å²) in [5, 5.41) is 15.8. The Hall–Kier alpha value is -1.55. The Morgan fingerprint density at radius 1 is 1.47 bits per heavy atom. The number of hydrogen-bond donors (Lipinski definition) is 3. The van der Waals surface area contributed by atoms with Gasteiger partial charge in [-0.1, -0.05) is 13.8 Å². The molecule has 1 aromatic rings. The minimum absolute atomic E-state index is 0.118. The fourth-order valence-electron chi connectivity index (χ4n) is 2.15. The number of rotatable bonds is 4. The van der Waals surface area contributed by atoms with Crippen LogP contribution in [0.5, 0.6) is 0 Å². The summed E-state index contributed by atoms with van der Waals surface area (Å²) in [5.41, 5.74) is 2.99. The van der Waals surface area contributed by atoms with E-state index < -0.39 is 6.10 Å². The van der Waals surface area contributed by atoms with Crippen molar-refractivity contribution in [1.29, 1.82) is 0 Å². The second kappa shape index (κ2) is 6.06. The number of amides is 1. The molecule has 1 aliphatic heterocycles. The molecule has 3 N–H and O–H groups in total. The highest BCUT2D eigenvalue weighted by Crippen LogP contribution is 2.22. The molecular weight excluding hydrogens is 240 g/mol. The summed E-state index contributed by atoms with van der Waals surface area (Å²) in [7, 11) is 0. The van der Waals surface area contributed by atoms with Crippen molar-refractivity contribution in [3.63, 3.8) is 0 Å². The lowest BCUT2D eigenvalue weighted by atomic mass is 10.0. The van der Waals surface area contributed by atoms with Gasteiger partial charge in [0.25, 0.3) is 5.91 Å². The summed E-state index contributed by atoms with van der Waals surface area (Å²) in [6.45, 7) is 5.16. The average molecular weight is 262 g/mol. The van der Waals surface area contributed by atoms with Crippen LogP contribution in [0.3, 0.4) is 0 Å². The molecule has 2 rings (SSSR count). The van der Waals surface area contributed by atoms with Crippen LogP contribution in [0, 0.1) is 5.92 Å². The Morgan fingerprint density at radius 3 is 3.00 bits per heavy atom. The first-order valence-electron chi connectivity index (χ1n) is 6.91. The number of benzene rings is 1. The van der Waals surface area contributed by atoms with E-state index in [9.17, 15) is 9.90 Å². The van der Waals surface area contributed by atoms with Gasteiger partial charge in [0.2, 0.25) is 0 Å². The van der Waals surface area contributed by atoms with E-state index in [2.05, 4.69) is 10.6 Å². The molecule has 0 spiro atoms. The number of aryl methyl sites for hydroxylation is 1. The molecule has 0 saturated carbocycles. The molecule has 1 unspecified atom stereocenters. The number of anilines is 1. The lowest BCUT2D eigenvalue weighted by Crippen LogP contribution is -2.34. The third kappa shape index (κ3) is 3.47. The first-order valence-corrected chi connectivity index (χ1v) is 6.91. The Labute approximate surface area is 114 Å². The van der Waals surface area contributed by atoms with Crippen molar-refractivity contribution in [3.05, 3.63) is 29.3 Å². The Kier molecular flexibility index (Phi) is 4.43. The topological polar surface area (TPSA) is 61.4 Å². The van der Waals surface area contributed by atoms with Gasteiger partial charge >= 0.3 is 0 Å². The van der Waals surface area contributed by atoms with Gasteiger partial charge in [0.1, 0.15) is 0 Å². The van der Waals surface area contributed by atoms with Gasteiger partial charge in [-0.2, -0.15) is 0 Å². The van der Waals surface area contributed by atoms with Crippen LogP contribution < -0.4 is 10.6 Å². The van der Waals surface area contributed by atoms with Crippen molar-refractivity contribution in [2.24, 2.45) is 5.92 Å². The number of nitrogens with one attached hydrogen (secondary N) is 2. The standard InChI is InChI=1S/C15H22N2O2/c1-10(2)14(18)9-17-15(19)12-5-6-13-11(8-12)4-3-7-16-13/h5-6,8,10,14,16,18H,3-4,7,9H2,1-2H3,(H,17,19). The van der Waals surface area contributed by atoms with Crippen LogP contribution in [0.25, 0.3) is 0 Å². The number of carbonyl (C=O) groups excluding carboxylic acids is 1. The predicted octanol–water partition coefficient (Wildman–Crippen LogP) is 1.79. The van der Waals surface area contributed by atoms with Crippen LogP contribution in [-0.2, 0) is 6.42 Å². The van der Waals surface area contributed by atoms with E-state index in [-0.39, 0.29) is 11.8 Å². The first-order chi connectivity index (χ1) is 9.08. The van der Waals surface area contributed by atoms with Crippen LogP contribution in [0.2, 0.25) is 0 Å². The van der Waals surface area contributed by atoms with E-state index in [0.717, 1.165) is 25.1 Å². The highest BCUT2D eigenvalue weighted by Gasteiger charge is 2.14. The maximum Gasteiger partial charge on any atom is 0.251 e. The van der Waals surface area contributed by atoms with E-state index >= 15 is 0 Å². The van der Waals surface area contributed by atoms with Crippen LogP contribution in [-0.4, -0.2) is 30.2 Å². The number of fused-ring (bicyclic) bond motifs is 1. The third-order valence-electron chi connectivity index (χ3n) is 3.55. The lowest BCUT2D eigenvalue weighted by molar-refractivity contribution is 0.0871. The number of aliphatic hydroxyl groups is 1. The first kappa shape index (κ1) is 13.9. The molecule has 0 aromatic heterocycles. The fourth-order valence-corrected chi connectivity index (χ4v) is 2.15. The SMILES string of the molecule is CC(C)C(O)CNC(=O)c1ccc2c(c1)CCCN2. The summed E-state index contributed by atoms with van der Waals surface area (Å²) in [6.07, 6.45) is 1.62. The number of hydrogen-bond acceptors (Lipinski definition) is 3. The molecule has 1 heterocycles. The minimum Gasteiger partial charge on any atom is -0.391 e. The van der Waals surface area contributed by atoms with Gasteiger partial charge in [-0.05, 0) is 42.5 Å². The van der Waals surface area contributed by atoms with Gasteiger partial charge in [-0.3, -0.25) is 4.79 Å². The van der Waals surface area contributed by atoms with Crippen LogP contribution in [0.15, 0.2) is 18.2 Å². The monoisotopic (exact) mass is 262 g/mol. The molecule has 104 valence electrons. The van der Waals surface area contributed by atoms with Gasteiger partial charge in [-0.15, -0.1) is 0 Å². The zero-order chi connectivity index (χ0) is 13.8. The predicted molar refractivity (Wildman–Crippen MR) is 76.4 cm³/mol. The molecule has 1 aromatic carbocycles. The molecule has 19 heavy (non-hydrogen) atoms. The fraction of sp³-hybridized carbons (Fsp3) is 0.533. The van der Waals surface area contributed by atoms with Gasteiger partial charge in [0.15, 0.2) is 0 Å².